The Morgan fingerprint density at radius 2 is 1.60 bits per heavy atom. The molecule has 3 aromatic rings. The Morgan fingerprint density at radius 1 is 1.00 bits per heavy atom. The van der Waals surface area contributed by atoms with E-state index in [1.165, 1.54) is 12.1 Å². The van der Waals surface area contributed by atoms with Crippen molar-refractivity contribution in [3.05, 3.63) is 87.4 Å². The van der Waals surface area contributed by atoms with Crippen LogP contribution in [0.5, 0.6) is 0 Å². The fourth-order valence-corrected chi connectivity index (χ4v) is 4.77. The number of ether oxygens (including phenoxy) is 1. The first-order chi connectivity index (χ1) is 16.7. The molecule has 1 aliphatic carbocycles. The van der Waals surface area contributed by atoms with Gasteiger partial charge in [-0.2, -0.15) is 0 Å². The topological polar surface area (TPSA) is 105 Å². The molecule has 1 aliphatic rings. The second kappa shape index (κ2) is 10.4. The molecule has 0 saturated heterocycles. The fourth-order valence-electron chi connectivity index (χ4n) is 4.23. The van der Waals surface area contributed by atoms with Crippen molar-refractivity contribution in [3.63, 3.8) is 0 Å². The van der Waals surface area contributed by atoms with Crippen LogP contribution < -0.4 is 10.6 Å². The Hall–Kier alpha value is -3.55. The lowest BCUT2D eigenvalue weighted by atomic mass is 9.98. The SMILES string of the molecule is CC(CC(=O)Nc1c(Cl)cc(Cl)cc1C(=O)O)NC(=O)OCC1c2ccccc2-c2ccccc21. The van der Waals surface area contributed by atoms with E-state index in [0.29, 0.717) is 0 Å². The van der Waals surface area contributed by atoms with Gasteiger partial charge < -0.3 is 20.5 Å². The zero-order valence-electron chi connectivity index (χ0n) is 18.7. The summed E-state index contributed by atoms with van der Waals surface area (Å²) in [7, 11) is 0. The number of hydrogen-bond donors (Lipinski definition) is 3. The predicted molar refractivity (Wildman–Crippen MR) is 134 cm³/mol. The van der Waals surface area contributed by atoms with Gasteiger partial charge in [-0.3, -0.25) is 4.79 Å². The van der Waals surface area contributed by atoms with Crippen molar-refractivity contribution in [2.75, 3.05) is 11.9 Å². The number of anilines is 1. The second-order valence-corrected chi connectivity index (χ2v) is 9.08. The number of carboxylic acids is 1. The molecule has 1 atom stereocenters. The number of rotatable bonds is 7. The number of amides is 2. The highest BCUT2D eigenvalue weighted by molar-refractivity contribution is 6.37. The number of nitrogens with one attached hydrogen (secondary N) is 2. The van der Waals surface area contributed by atoms with Crippen LogP contribution in [0.3, 0.4) is 0 Å². The summed E-state index contributed by atoms with van der Waals surface area (Å²) < 4.78 is 5.50. The lowest BCUT2D eigenvalue weighted by Crippen LogP contribution is -2.36. The number of carboxylic acid groups (broad SMARTS) is 1. The zero-order valence-corrected chi connectivity index (χ0v) is 20.2. The smallest absolute Gasteiger partial charge is 0.407 e. The average Bonchev–Trinajstić information content (AvgIpc) is 3.12. The Morgan fingerprint density at radius 3 is 2.20 bits per heavy atom. The molecule has 3 N–H and O–H groups in total. The van der Waals surface area contributed by atoms with E-state index in [-0.39, 0.29) is 40.2 Å². The Labute approximate surface area is 212 Å². The zero-order chi connectivity index (χ0) is 25.1. The van der Waals surface area contributed by atoms with Crippen LogP contribution in [-0.4, -0.2) is 35.7 Å². The lowest BCUT2D eigenvalue weighted by molar-refractivity contribution is -0.116. The van der Waals surface area contributed by atoms with Crippen LogP contribution in [0, 0.1) is 0 Å². The molecular formula is C26H22Cl2N2O5. The third-order valence-electron chi connectivity index (χ3n) is 5.75. The first-order valence-corrected chi connectivity index (χ1v) is 11.6. The van der Waals surface area contributed by atoms with Gasteiger partial charge in [-0.15, -0.1) is 0 Å². The molecule has 180 valence electrons. The molecule has 0 aliphatic heterocycles. The van der Waals surface area contributed by atoms with Gasteiger partial charge in [0.25, 0.3) is 0 Å². The maximum absolute atomic E-state index is 12.5. The number of carbonyl (C=O) groups excluding carboxylic acids is 2. The maximum atomic E-state index is 12.5. The summed E-state index contributed by atoms with van der Waals surface area (Å²) in [6.07, 6.45) is -0.773. The molecule has 9 heteroatoms. The van der Waals surface area contributed by atoms with Gasteiger partial charge in [-0.25, -0.2) is 9.59 Å². The van der Waals surface area contributed by atoms with Gasteiger partial charge in [0.2, 0.25) is 5.91 Å². The summed E-state index contributed by atoms with van der Waals surface area (Å²) in [5, 5.41) is 14.6. The summed E-state index contributed by atoms with van der Waals surface area (Å²) in [5.41, 5.74) is 4.17. The molecule has 35 heavy (non-hydrogen) atoms. The third-order valence-corrected chi connectivity index (χ3v) is 6.27. The monoisotopic (exact) mass is 512 g/mol. The number of fused-ring (bicyclic) bond motifs is 3. The van der Waals surface area contributed by atoms with Crippen molar-refractivity contribution < 1.29 is 24.2 Å². The van der Waals surface area contributed by atoms with Crippen molar-refractivity contribution >= 4 is 46.9 Å². The molecule has 0 spiro atoms. The van der Waals surface area contributed by atoms with Gasteiger partial charge in [0, 0.05) is 23.4 Å². The Balaban J connectivity index is 1.34. The maximum Gasteiger partial charge on any atom is 0.407 e. The molecule has 4 rings (SSSR count). The Bertz CT molecular complexity index is 1270. The predicted octanol–water partition coefficient (Wildman–Crippen LogP) is 5.95. The summed E-state index contributed by atoms with van der Waals surface area (Å²) in [5.74, 6) is -1.88. The largest absolute Gasteiger partial charge is 0.478 e. The van der Waals surface area contributed by atoms with Gasteiger partial charge in [0.1, 0.15) is 6.61 Å². The van der Waals surface area contributed by atoms with Gasteiger partial charge >= 0.3 is 12.1 Å². The van der Waals surface area contributed by atoms with Crippen LogP contribution in [0.2, 0.25) is 10.0 Å². The van der Waals surface area contributed by atoms with E-state index in [2.05, 4.69) is 22.8 Å². The second-order valence-electron chi connectivity index (χ2n) is 8.24. The van der Waals surface area contributed by atoms with Crippen molar-refractivity contribution in [1.29, 1.82) is 0 Å². The van der Waals surface area contributed by atoms with Crippen LogP contribution in [0.1, 0.15) is 40.7 Å². The van der Waals surface area contributed by atoms with E-state index in [0.717, 1.165) is 22.3 Å². The molecular weight excluding hydrogens is 491 g/mol. The summed E-state index contributed by atoms with van der Waals surface area (Å²) in [6, 6.07) is 18.0. The normalized spacial score (nSPS) is 12.9. The van der Waals surface area contributed by atoms with Gasteiger partial charge in [-0.05, 0) is 41.3 Å². The minimum absolute atomic E-state index is 0.000369. The number of carbonyl (C=O) groups is 3. The quantitative estimate of drug-likeness (QED) is 0.362. The number of benzene rings is 3. The molecule has 1 unspecified atom stereocenters. The highest BCUT2D eigenvalue weighted by Crippen LogP contribution is 2.44. The highest BCUT2D eigenvalue weighted by Gasteiger charge is 2.29. The Kier molecular flexibility index (Phi) is 7.28. The molecule has 0 bridgehead atoms. The van der Waals surface area contributed by atoms with E-state index in [9.17, 15) is 19.5 Å². The van der Waals surface area contributed by atoms with E-state index >= 15 is 0 Å². The summed E-state index contributed by atoms with van der Waals surface area (Å²) >= 11 is 11.9. The van der Waals surface area contributed by atoms with Crippen LogP contribution in [0.15, 0.2) is 60.7 Å². The van der Waals surface area contributed by atoms with Crippen LogP contribution in [-0.2, 0) is 9.53 Å². The molecule has 0 aromatic heterocycles. The molecule has 0 saturated carbocycles. The van der Waals surface area contributed by atoms with Gasteiger partial charge in [0.15, 0.2) is 0 Å². The first kappa shape index (κ1) is 24.6. The number of hydrogen-bond acceptors (Lipinski definition) is 4. The van der Waals surface area contributed by atoms with E-state index < -0.39 is 24.0 Å². The molecule has 0 radical (unpaired) electrons. The summed E-state index contributed by atoms with van der Waals surface area (Å²) in [6.45, 7) is 1.80. The van der Waals surface area contributed by atoms with E-state index in [1.54, 1.807) is 6.92 Å². The van der Waals surface area contributed by atoms with E-state index in [1.807, 2.05) is 36.4 Å². The number of alkyl carbamates (subject to hydrolysis) is 1. The molecule has 0 heterocycles. The third kappa shape index (κ3) is 5.42. The van der Waals surface area contributed by atoms with Crippen LogP contribution >= 0.6 is 23.2 Å². The van der Waals surface area contributed by atoms with Crippen molar-refractivity contribution in [2.24, 2.45) is 0 Å². The minimum Gasteiger partial charge on any atom is -0.478 e. The fraction of sp³-hybridized carbons (Fsp3) is 0.192. The molecule has 0 fully saturated rings. The van der Waals surface area contributed by atoms with Crippen molar-refractivity contribution in [1.82, 2.24) is 5.32 Å². The summed E-state index contributed by atoms with van der Waals surface area (Å²) in [4.78, 5) is 36.4. The van der Waals surface area contributed by atoms with Crippen LogP contribution in [0.25, 0.3) is 11.1 Å². The van der Waals surface area contributed by atoms with Gasteiger partial charge in [-0.1, -0.05) is 71.7 Å². The van der Waals surface area contributed by atoms with Crippen molar-refractivity contribution in [2.45, 2.75) is 25.3 Å². The van der Waals surface area contributed by atoms with Crippen molar-refractivity contribution in [3.8, 4) is 11.1 Å². The van der Waals surface area contributed by atoms with Crippen LogP contribution in [0.4, 0.5) is 10.5 Å². The molecule has 2 amide bonds. The lowest BCUT2D eigenvalue weighted by Gasteiger charge is -2.17. The highest BCUT2D eigenvalue weighted by atomic mass is 35.5. The van der Waals surface area contributed by atoms with E-state index in [4.69, 9.17) is 27.9 Å². The average molecular weight is 513 g/mol. The van der Waals surface area contributed by atoms with Gasteiger partial charge in [0.05, 0.1) is 16.3 Å². The molecule has 7 nitrogen and oxygen atoms in total. The first-order valence-electron chi connectivity index (χ1n) is 10.9. The standard InChI is InChI=1S/C26H22Cl2N2O5/c1-14(10-23(31)30-24-20(25(32)33)11-15(27)12-22(24)28)29-26(34)35-13-21-18-8-4-2-6-16(18)17-7-3-5-9-19(17)21/h2-9,11-12,14,21H,10,13H2,1H3,(H,29,34)(H,30,31)(H,32,33). The molecule has 3 aromatic carbocycles. The minimum atomic E-state index is -1.28. The number of halogens is 2. The number of aromatic carboxylic acids is 1.